The third-order valence-corrected chi connectivity index (χ3v) is 6.76. The molecule has 1 aliphatic heterocycles. The second kappa shape index (κ2) is 11.0. The monoisotopic (exact) mass is 592 g/mol. The second-order valence-electron chi connectivity index (χ2n) is 9.22. The maximum absolute atomic E-state index is 13.4. The number of amides is 1. The first kappa shape index (κ1) is 29.2. The van der Waals surface area contributed by atoms with Gasteiger partial charge in [-0.1, -0.05) is 11.6 Å². The maximum Gasteiger partial charge on any atom is 0.393 e. The number of benzene rings is 1. The smallest absolute Gasteiger partial charge is 0.393 e. The lowest BCUT2D eigenvalue weighted by Gasteiger charge is -2.39. The molecule has 1 saturated heterocycles. The normalized spacial score (nSPS) is 18.1. The van der Waals surface area contributed by atoms with Crippen molar-refractivity contribution < 1.29 is 35.9 Å². The molecule has 1 unspecified atom stereocenters. The van der Waals surface area contributed by atoms with E-state index in [9.17, 15) is 35.9 Å². The fraction of sp³-hybridized carbons (Fsp3) is 0.417. The number of rotatable bonds is 6. The SMILES string of the molecule is CNC(=O)COc1cc2cc(Nc3nc(N4CC(C(F)(F)F)C[C@H](C(F)(F)F)C4)ncc3Cl)ccc2n(C)c1=O. The highest BCUT2D eigenvalue weighted by Gasteiger charge is 2.52. The molecule has 1 aliphatic rings. The van der Waals surface area contributed by atoms with Crippen LogP contribution in [0.25, 0.3) is 10.9 Å². The van der Waals surface area contributed by atoms with Crippen LogP contribution in [0, 0.1) is 11.8 Å². The van der Waals surface area contributed by atoms with Gasteiger partial charge in [-0.2, -0.15) is 31.3 Å². The van der Waals surface area contributed by atoms with Crippen LogP contribution in [0.3, 0.4) is 0 Å². The van der Waals surface area contributed by atoms with Crippen molar-refractivity contribution in [2.24, 2.45) is 18.9 Å². The third kappa shape index (κ3) is 6.35. The van der Waals surface area contributed by atoms with Crippen LogP contribution in [0.5, 0.6) is 5.75 Å². The van der Waals surface area contributed by atoms with E-state index in [2.05, 4.69) is 20.6 Å². The van der Waals surface area contributed by atoms with Crippen molar-refractivity contribution in [3.8, 4) is 5.75 Å². The summed E-state index contributed by atoms with van der Waals surface area (Å²) < 4.78 is 87.2. The number of nitrogens with zero attached hydrogens (tertiary/aromatic N) is 4. The number of likely N-dealkylation sites (N-methyl/N-ethyl adjacent to an activating group) is 1. The maximum atomic E-state index is 13.4. The molecule has 0 radical (unpaired) electrons. The van der Waals surface area contributed by atoms with Crippen molar-refractivity contribution in [1.29, 1.82) is 0 Å². The topological polar surface area (TPSA) is 101 Å². The second-order valence-corrected chi connectivity index (χ2v) is 9.62. The summed E-state index contributed by atoms with van der Waals surface area (Å²) in [5.41, 5.74) is 0.424. The first-order chi connectivity index (χ1) is 18.7. The number of carbonyl (C=O) groups excluding carboxylic acids is 1. The van der Waals surface area contributed by atoms with Gasteiger partial charge in [-0.15, -0.1) is 0 Å². The van der Waals surface area contributed by atoms with Crippen molar-refractivity contribution in [2.45, 2.75) is 18.8 Å². The van der Waals surface area contributed by atoms with Gasteiger partial charge in [0.05, 0.1) is 23.5 Å². The zero-order chi connectivity index (χ0) is 29.4. The van der Waals surface area contributed by atoms with E-state index in [1.54, 1.807) is 18.2 Å². The van der Waals surface area contributed by atoms with Gasteiger partial charge in [0.1, 0.15) is 5.02 Å². The lowest BCUT2D eigenvalue weighted by molar-refractivity contribution is -0.214. The Morgan fingerprint density at radius 1 is 1.12 bits per heavy atom. The summed E-state index contributed by atoms with van der Waals surface area (Å²) in [6, 6.07) is 6.20. The minimum Gasteiger partial charge on any atom is -0.478 e. The van der Waals surface area contributed by atoms with Gasteiger partial charge in [-0.25, -0.2) is 4.98 Å². The fourth-order valence-corrected chi connectivity index (χ4v) is 4.46. The number of anilines is 3. The van der Waals surface area contributed by atoms with Gasteiger partial charge < -0.3 is 24.8 Å². The van der Waals surface area contributed by atoms with Crippen LogP contribution < -0.4 is 25.8 Å². The Hall–Kier alpha value is -3.75. The highest BCUT2D eigenvalue weighted by molar-refractivity contribution is 6.32. The van der Waals surface area contributed by atoms with E-state index in [4.69, 9.17) is 16.3 Å². The number of ether oxygens (including phenoxy) is 1. The van der Waals surface area contributed by atoms with Crippen molar-refractivity contribution >= 4 is 45.9 Å². The molecule has 4 rings (SSSR count). The fourth-order valence-electron chi connectivity index (χ4n) is 4.32. The number of piperidine rings is 1. The molecular weight excluding hydrogens is 570 g/mol. The van der Waals surface area contributed by atoms with E-state index in [0.29, 0.717) is 16.6 Å². The molecule has 3 heterocycles. The van der Waals surface area contributed by atoms with E-state index in [1.165, 1.54) is 24.7 Å². The first-order valence-electron chi connectivity index (χ1n) is 11.8. The molecule has 0 saturated carbocycles. The van der Waals surface area contributed by atoms with Crippen molar-refractivity contribution in [2.75, 3.05) is 37.0 Å². The summed E-state index contributed by atoms with van der Waals surface area (Å²) >= 11 is 6.19. The van der Waals surface area contributed by atoms with Gasteiger partial charge in [0, 0.05) is 38.3 Å². The van der Waals surface area contributed by atoms with E-state index in [0.717, 1.165) is 11.1 Å². The number of aromatic nitrogens is 3. The van der Waals surface area contributed by atoms with Gasteiger partial charge in [0.2, 0.25) is 5.95 Å². The van der Waals surface area contributed by atoms with Gasteiger partial charge in [-0.3, -0.25) is 9.59 Å². The van der Waals surface area contributed by atoms with E-state index in [1.807, 2.05) is 0 Å². The quantitative estimate of drug-likeness (QED) is 0.409. The summed E-state index contributed by atoms with van der Waals surface area (Å²) in [6.07, 6.45) is -9.65. The predicted molar refractivity (Wildman–Crippen MR) is 135 cm³/mol. The van der Waals surface area contributed by atoms with Crippen LogP contribution in [-0.4, -0.2) is 59.5 Å². The molecule has 0 spiro atoms. The minimum absolute atomic E-state index is 0.0318. The van der Waals surface area contributed by atoms with Crippen LogP contribution in [0.4, 0.5) is 43.8 Å². The first-order valence-corrected chi connectivity index (χ1v) is 12.2. The Balaban J connectivity index is 1.63. The molecule has 1 amide bonds. The Bertz CT molecular complexity index is 1460. The molecule has 1 aromatic carbocycles. The van der Waals surface area contributed by atoms with Gasteiger partial charge in [-0.05, 0) is 30.7 Å². The molecule has 0 aliphatic carbocycles. The Kier molecular flexibility index (Phi) is 8.06. The van der Waals surface area contributed by atoms with Crippen LogP contribution in [0.2, 0.25) is 5.02 Å². The standard InChI is InChI=1S/C24H23ClF6N6O3/c1-32-19(38)11-40-18-6-12-5-15(3-4-17(12)36(2)21(18)39)34-20-16(25)8-33-22(35-20)37-9-13(23(26,27)28)7-14(10-37)24(29,30)31/h3-6,8,13-14H,7,9-11H2,1-2H3,(H,32,38)(H,33,34,35)/t13-,14?/m0/s1. The molecule has 2 atom stereocenters. The average molecular weight is 593 g/mol. The highest BCUT2D eigenvalue weighted by Crippen LogP contribution is 2.42. The number of halogens is 7. The van der Waals surface area contributed by atoms with Gasteiger partial charge in [0.25, 0.3) is 11.5 Å². The average Bonchev–Trinajstić information content (AvgIpc) is 2.89. The number of carbonyl (C=O) groups is 1. The molecule has 16 heteroatoms. The molecule has 1 fully saturated rings. The summed E-state index contributed by atoms with van der Waals surface area (Å²) in [6.45, 7) is -1.85. The lowest BCUT2D eigenvalue weighted by atomic mass is 9.88. The largest absolute Gasteiger partial charge is 0.478 e. The minimum atomic E-state index is -4.83. The molecule has 2 N–H and O–H groups in total. The Morgan fingerprint density at radius 2 is 1.77 bits per heavy atom. The molecule has 2 aromatic heterocycles. The third-order valence-electron chi connectivity index (χ3n) is 6.48. The molecular formula is C24H23ClF6N6O3. The molecule has 0 bridgehead atoms. The van der Waals surface area contributed by atoms with Crippen LogP contribution in [-0.2, 0) is 11.8 Å². The van der Waals surface area contributed by atoms with Crippen molar-refractivity contribution in [1.82, 2.24) is 19.9 Å². The summed E-state index contributed by atoms with van der Waals surface area (Å²) in [5, 5.41) is 5.75. The molecule has 9 nitrogen and oxygen atoms in total. The van der Waals surface area contributed by atoms with Gasteiger partial charge in [0.15, 0.2) is 18.2 Å². The number of aryl methyl sites for hydroxylation is 1. The molecule has 216 valence electrons. The molecule has 3 aromatic rings. The highest BCUT2D eigenvalue weighted by atomic mass is 35.5. The van der Waals surface area contributed by atoms with Crippen molar-refractivity contribution in [3.05, 3.63) is 45.8 Å². The van der Waals surface area contributed by atoms with E-state index >= 15 is 0 Å². The summed E-state index contributed by atoms with van der Waals surface area (Å²) in [7, 11) is 2.93. The van der Waals surface area contributed by atoms with Crippen molar-refractivity contribution in [3.63, 3.8) is 0 Å². The summed E-state index contributed by atoms with van der Waals surface area (Å²) in [4.78, 5) is 33.0. The van der Waals surface area contributed by atoms with Crippen LogP contribution in [0.1, 0.15) is 6.42 Å². The Morgan fingerprint density at radius 3 is 2.38 bits per heavy atom. The van der Waals surface area contributed by atoms with E-state index < -0.39 is 55.2 Å². The van der Waals surface area contributed by atoms with Gasteiger partial charge >= 0.3 is 12.4 Å². The number of pyridine rings is 1. The number of hydrogen-bond donors (Lipinski definition) is 2. The number of fused-ring (bicyclic) bond motifs is 1. The number of alkyl halides is 6. The van der Waals surface area contributed by atoms with Crippen LogP contribution in [0.15, 0.2) is 35.3 Å². The molecule has 40 heavy (non-hydrogen) atoms. The zero-order valence-corrected chi connectivity index (χ0v) is 21.8. The van der Waals surface area contributed by atoms with E-state index in [-0.39, 0.29) is 29.1 Å². The number of nitrogens with one attached hydrogen (secondary N) is 2. The summed E-state index contributed by atoms with van der Waals surface area (Å²) in [5.74, 6) is -5.34. The predicted octanol–water partition coefficient (Wildman–Crippen LogP) is 4.42. The number of hydrogen-bond acceptors (Lipinski definition) is 7. The van der Waals surface area contributed by atoms with Crippen LogP contribution >= 0.6 is 11.6 Å². The lowest BCUT2D eigenvalue weighted by Crippen LogP contribution is -2.50. The Labute approximate surface area is 228 Å². The zero-order valence-electron chi connectivity index (χ0n) is 21.0.